The molecule has 0 atom stereocenters. The zero-order valence-corrected chi connectivity index (χ0v) is 9.24. The van der Waals surface area contributed by atoms with E-state index >= 15 is 0 Å². The summed E-state index contributed by atoms with van der Waals surface area (Å²) < 4.78 is 4.73. The van der Waals surface area contributed by atoms with E-state index in [-0.39, 0.29) is 5.91 Å². The number of anilines is 2. The molecule has 5 nitrogen and oxygen atoms in total. The van der Waals surface area contributed by atoms with Crippen LogP contribution in [0.3, 0.4) is 0 Å². The number of rotatable bonds is 3. The smallest absolute Gasteiger partial charge is 0.411 e. The first kappa shape index (κ1) is 12.0. The quantitative estimate of drug-likeness (QED) is 0.823. The van der Waals surface area contributed by atoms with Crippen LogP contribution < -0.4 is 10.6 Å². The average molecular weight is 222 g/mol. The Morgan fingerprint density at radius 3 is 2.44 bits per heavy atom. The third-order valence-electron chi connectivity index (χ3n) is 1.70. The first-order valence-electron chi connectivity index (χ1n) is 4.93. The molecule has 1 aromatic carbocycles. The molecule has 0 saturated heterocycles. The van der Waals surface area contributed by atoms with Crippen molar-refractivity contribution in [3.63, 3.8) is 0 Å². The van der Waals surface area contributed by atoms with Crippen LogP contribution >= 0.6 is 0 Å². The second-order valence-corrected chi connectivity index (χ2v) is 3.11. The van der Waals surface area contributed by atoms with Crippen LogP contribution in [0.15, 0.2) is 24.3 Å². The van der Waals surface area contributed by atoms with Gasteiger partial charge in [-0.25, -0.2) is 4.79 Å². The van der Waals surface area contributed by atoms with Crippen molar-refractivity contribution in [2.24, 2.45) is 0 Å². The van der Waals surface area contributed by atoms with E-state index in [2.05, 4.69) is 10.6 Å². The molecule has 0 heterocycles. The van der Waals surface area contributed by atoms with Crippen LogP contribution in [0.5, 0.6) is 0 Å². The van der Waals surface area contributed by atoms with Gasteiger partial charge >= 0.3 is 6.09 Å². The molecule has 1 rings (SSSR count). The highest BCUT2D eigenvalue weighted by Gasteiger charge is 2.02. The van der Waals surface area contributed by atoms with E-state index in [0.29, 0.717) is 18.0 Å². The molecule has 2 amide bonds. The summed E-state index contributed by atoms with van der Waals surface area (Å²) in [6.07, 6.45) is -0.512. The average Bonchev–Trinajstić information content (AvgIpc) is 2.17. The van der Waals surface area contributed by atoms with Gasteiger partial charge in [0.05, 0.1) is 6.61 Å². The van der Waals surface area contributed by atoms with Gasteiger partial charge in [-0.1, -0.05) is 6.07 Å². The molecule has 5 heteroatoms. The van der Waals surface area contributed by atoms with E-state index in [9.17, 15) is 9.59 Å². The Balaban J connectivity index is 2.67. The maximum Gasteiger partial charge on any atom is 0.411 e. The molecule has 0 bridgehead atoms. The molecule has 0 spiro atoms. The summed E-state index contributed by atoms with van der Waals surface area (Å²) in [7, 11) is 0. The number of benzene rings is 1. The summed E-state index contributed by atoms with van der Waals surface area (Å²) >= 11 is 0. The number of carbonyl (C=O) groups is 2. The number of nitrogens with one attached hydrogen (secondary N) is 2. The molecule has 0 aliphatic rings. The van der Waals surface area contributed by atoms with Gasteiger partial charge in [-0.15, -0.1) is 0 Å². The Bertz CT molecular complexity index is 391. The van der Waals surface area contributed by atoms with Gasteiger partial charge in [-0.3, -0.25) is 10.1 Å². The van der Waals surface area contributed by atoms with Crippen LogP contribution in [-0.4, -0.2) is 18.6 Å². The Kier molecular flexibility index (Phi) is 4.32. The van der Waals surface area contributed by atoms with Crippen molar-refractivity contribution >= 4 is 23.4 Å². The molecule has 16 heavy (non-hydrogen) atoms. The summed E-state index contributed by atoms with van der Waals surface area (Å²) in [4.78, 5) is 22.0. The van der Waals surface area contributed by atoms with E-state index in [1.54, 1.807) is 31.2 Å². The zero-order chi connectivity index (χ0) is 12.0. The molecule has 1 aromatic rings. The predicted octanol–water partition coefficient (Wildman–Crippen LogP) is 2.21. The standard InChI is InChI=1S/C11H14N2O3/c1-3-16-11(15)13-10-6-4-5-9(7-10)12-8(2)14/h4-7H,3H2,1-2H3,(H,12,14)(H,13,15). The van der Waals surface area contributed by atoms with Crippen LogP contribution in [-0.2, 0) is 9.53 Å². The zero-order valence-electron chi connectivity index (χ0n) is 9.24. The summed E-state index contributed by atoms with van der Waals surface area (Å²) in [5.41, 5.74) is 1.20. The summed E-state index contributed by atoms with van der Waals surface area (Å²) in [5.74, 6) is -0.159. The fourth-order valence-electron chi connectivity index (χ4n) is 1.16. The lowest BCUT2D eigenvalue weighted by atomic mass is 10.3. The van der Waals surface area contributed by atoms with Gasteiger partial charge in [0.15, 0.2) is 0 Å². The SMILES string of the molecule is CCOC(=O)Nc1cccc(NC(C)=O)c1. The van der Waals surface area contributed by atoms with E-state index in [1.807, 2.05) is 0 Å². The third-order valence-corrected chi connectivity index (χ3v) is 1.70. The number of amides is 2. The van der Waals surface area contributed by atoms with Crippen LogP contribution in [0.2, 0.25) is 0 Å². The molecular formula is C11H14N2O3. The fourth-order valence-corrected chi connectivity index (χ4v) is 1.16. The first-order valence-corrected chi connectivity index (χ1v) is 4.93. The number of hydrogen-bond donors (Lipinski definition) is 2. The van der Waals surface area contributed by atoms with Gasteiger partial charge in [0, 0.05) is 18.3 Å². The summed E-state index contributed by atoms with van der Waals surface area (Å²) in [5, 5.41) is 5.16. The number of hydrogen-bond acceptors (Lipinski definition) is 3. The lowest BCUT2D eigenvalue weighted by Gasteiger charge is -2.07. The van der Waals surface area contributed by atoms with Crippen molar-refractivity contribution in [1.29, 1.82) is 0 Å². The third kappa shape index (κ3) is 4.00. The molecule has 0 fully saturated rings. The molecule has 0 aliphatic heterocycles. The van der Waals surface area contributed by atoms with Crippen molar-refractivity contribution in [1.82, 2.24) is 0 Å². The highest BCUT2D eigenvalue weighted by atomic mass is 16.5. The Morgan fingerprint density at radius 1 is 1.25 bits per heavy atom. The minimum Gasteiger partial charge on any atom is -0.450 e. The van der Waals surface area contributed by atoms with Crippen molar-refractivity contribution in [2.75, 3.05) is 17.2 Å². The molecule has 0 saturated carbocycles. The van der Waals surface area contributed by atoms with Crippen molar-refractivity contribution in [2.45, 2.75) is 13.8 Å². The van der Waals surface area contributed by atoms with Crippen molar-refractivity contribution in [3.05, 3.63) is 24.3 Å². The van der Waals surface area contributed by atoms with Gasteiger partial charge in [0.25, 0.3) is 0 Å². The molecule has 0 radical (unpaired) electrons. The number of carbonyl (C=O) groups excluding carboxylic acids is 2. The summed E-state index contributed by atoms with van der Waals surface area (Å²) in [6.45, 7) is 3.47. The fraction of sp³-hybridized carbons (Fsp3) is 0.273. The van der Waals surface area contributed by atoms with Gasteiger partial charge in [-0.2, -0.15) is 0 Å². The molecule has 0 aliphatic carbocycles. The maximum absolute atomic E-state index is 11.1. The van der Waals surface area contributed by atoms with Crippen LogP contribution in [0.4, 0.5) is 16.2 Å². The Morgan fingerprint density at radius 2 is 1.88 bits per heavy atom. The molecular weight excluding hydrogens is 208 g/mol. The highest BCUT2D eigenvalue weighted by Crippen LogP contribution is 2.15. The van der Waals surface area contributed by atoms with E-state index in [4.69, 9.17) is 4.74 Å². The second-order valence-electron chi connectivity index (χ2n) is 3.11. The first-order chi connectivity index (χ1) is 7.61. The van der Waals surface area contributed by atoms with Gasteiger partial charge in [0.2, 0.25) is 5.91 Å². The molecule has 0 aromatic heterocycles. The predicted molar refractivity (Wildman–Crippen MR) is 61.4 cm³/mol. The van der Waals surface area contributed by atoms with Crippen molar-refractivity contribution < 1.29 is 14.3 Å². The minimum atomic E-state index is -0.512. The Labute approximate surface area is 93.8 Å². The highest BCUT2D eigenvalue weighted by molar-refractivity contribution is 5.90. The molecule has 2 N–H and O–H groups in total. The van der Waals surface area contributed by atoms with Crippen molar-refractivity contribution in [3.8, 4) is 0 Å². The van der Waals surface area contributed by atoms with Gasteiger partial charge in [0.1, 0.15) is 0 Å². The normalized spacial score (nSPS) is 9.38. The van der Waals surface area contributed by atoms with Crippen LogP contribution in [0.1, 0.15) is 13.8 Å². The van der Waals surface area contributed by atoms with E-state index < -0.39 is 6.09 Å². The van der Waals surface area contributed by atoms with Crippen LogP contribution in [0.25, 0.3) is 0 Å². The second kappa shape index (κ2) is 5.75. The lowest BCUT2D eigenvalue weighted by Crippen LogP contribution is -2.13. The monoisotopic (exact) mass is 222 g/mol. The largest absolute Gasteiger partial charge is 0.450 e. The Hall–Kier alpha value is -2.04. The molecule has 86 valence electrons. The van der Waals surface area contributed by atoms with Crippen LogP contribution in [0, 0.1) is 0 Å². The van der Waals surface area contributed by atoms with Gasteiger partial charge < -0.3 is 10.1 Å². The minimum absolute atomic E-state index is 0.159. The summed E-state index contributed by atoms with van der Waals surface area (Å²) in [6, 6.07) is 6.82. The lowest BCUT2D eigenvalue weighted by molar-refractivity contribution is -0.114. The number of ether oxygens (including phenoxy) is 1. The van der Waals surface area contributed by atoms with E-state index in [1.165, 1.54) is 6.92 Å². The molecule has 0 unspecified atom stereocenters. The van der Waals surface area contributed by atoms with E-state index in [0.717, 1.165) is 0 Å². The topological polar surface area (TPSA) is 67.4 Å². The maximum atomic E-state index is 11.1. The van der Waals surface area contributed by atoms with Gasteiger partial charge in [-0.05, 0) is 25.1 Å².